The van der Waals surface area contributed by atoms with Crippen LogP contribution in [0.1, 0.15) is 48.8 Å². The van der Waals surface area contributed by atoms with Gasteiger partial charge in [0, 0.05) is 32.1 Å². The van der Waals surface area contributed by atoms with Crippen LogP contribution in [0, 0.1) is 5.82 Å². The van der Waals surface area contributed by atoms with Crippen LogP contribution in [0.15, 0.2) is 60.8 Å². The van der Waals surface area contributed by atoms with Gasteiger partial charge in [-0.25, -0.2) is 19.0 Å². The van der Waals surface area contributed by atoms with Gasteiger partial charge in [0.1, 0.15) is 17.5 Å². The summed E-state index contributed by atoms with van der Waals surface area (Å²) in [7, 11) is 0. The van der Waals surface area contributed by atoms with Crippen molar-refractivity contribution in [2.45, 2.75) is 32.6 Å². The highest BCUT2D eigenvalue weighted by Crippen LogP contribution is 2.30. The minimum absolute atomic E-state index is 0.116. The van der Waals surface area contributed by atoms with Gasteiger partial charge in [-0.05, 0) is 30.7 Å². The molecule has 8 heteroatoms. The van der Waals surface area contributed by atoms with Crippen molar-refractivity contribution in [2.24, 2.45) is 0 Å². The van der Waals surface area contributed by atoms with E-state index in [-0.39, 0.29) is 17.4 Å². The van der Waals surface area contributed by atoms with Crippen LogP contribution in [0.5, 0.6) is 0 Å². The Balaban J connectivity index is 1.46. The molecule has 0 saturated carbocycles. The molecule has 0 unspecified atom stereocenters. The van der Waals surface area contributed by atoms with Crippen molar-refractivity contribution in [2.75, 3.05) is 31.1 Å². The first-order chi connectivity index (χ1) is 17.1. The van der Waals surface area contributed by atoms with Crippen LogP contribution >= 0.6 is 0 Å². The van der Waals surface area contributed by atoms with Crippen molar-refractivity contribution >= 4 is 22.8 Å². The van der Waals surface area contributed by atoms with Gasteiger partial charge in [0.25, 0.3) is 5.91 Å². The third-order valence-electron chi connectivity index (χ3n) is 6.56. The molecule has 0 radical (unpaired) electrons. The van der Waals surface area contributed by atoms with Gasteiger partial charge in [0.05, 0.1) is 22.8 Å². The molecule has 0 aliphatic carbocycles. The highest BCUT2D eigenvalue weighted by Gasteiger charge is 2.27. The first-order valence-electron chi connectivity index (χ1n) is 12.2. The monoisotopic (exact) mass is 472 g/mol. The second-order valence-corrected chi connectivity index (χ2v) is 8.98. The van der Waals surface area contributed by atoms with Gasteiger partial charge in [0.15, 0.2) is 5.65 Å². The molecule has 0 bridgehead atoms. The van der Waals surface area contributed by atoms with E-state index >= 15 is 0 Å². The van der Waals surface area contributed by atoms with Crippen molar-refractivity contribution in [1.82, 2.24) is 24.6 Å². The van der Waals surface area contributed by atoms with Gasteiger partial charge in [0.2, 0.25) is 0 Å². The van der Waals surface area contributed by atoms with Crippen LogP contribution in [0.2, 0.25) is 0 Å². The smallest absolute Gasteiger partial charge is 0.256 e. The third-order valence-corrected chi connectivity index (χ3v) is 6.56. The standard InChI is InChI=1S/C27H29FN6O/c1-3-9-19(2)24-30-25(22-18-29-34(26(22)31-24)20-10-5-4-6-11-20)32-14-16-33(17-15-32)27(35)21-12-7-8-13-23(21)28/h4-8,10-13,18-19H,3,9,14-17H2,1-2H3/t19-/m0/s1. The molecule has 2 aromatic heterocycles. The lowest BCUT2D eigenvalue weighted by Crippen LogP contribution is -2.49. The van der Waals surface area contributed by atoms with Crippen LogP contribution in [-0.4, -0.2) is 56.7 Å². The summed E-state index contributed by atoms with van der Waals surface area (Å²) >= 11 is 0. The number of hydrogen-bond acceptors (Lipinski definition) is 5. The Morgan fingerprint density at radius 3 is 2.43 bits per heavy atom. The average Bonchev–Trinajstić information content (AvgIpc) is 3.33. The number of hydrogen-bond donors (Lipinski definition) is 0. The van der Waals surface area contributed by atoms with E-state index in [0.29, 0.717) is 26.2 Å². The lowest BCUT2D eigenvalue weighted by Gasteiger charge is -2.36. The lowest BCUT2D eigenvalue weighted by molar-refractivity contribution is 0.0742. The molecule has 2 aromatic carbocycles. The maximum absolute atomic E-state index is 14.2. The fourth-order valence-corrected chi connectivity index (χ4v) is 4.62. The van der Waals surface area contributed by atoms with E-state index < -0.39 is 5.82 Å². The summed E-state index contributed by atoms with van der Waals surface area (Å²) in [4.78, 5) is 26.7. The van der Waals surface area contributed by atoms with Crippen LogP contribution < -0.4 is 4.90 Å². The van der Waals surface area contributed by atoms with Crippen LogP contribution in [0.3, 0.4) is 0 Å². The number of carbonyl (C=O) groups is 1. The number of fused-ring (bicyclic) bond motifs is 1. The van der Waals surface area contributed by atoms with E-state index in [1.807, 2.05) is 41.2 Å². The Hall–Kier alpha value is -3.81. The molecule has 0 spiro atoms. The predicted octanol–water partition coefficient (Wildman–Crippen LogP) is 4.82. The first-order valence-corrected chi connectivity index (χ1v) is 12.2. The van der Waals surface area contributed by atoms with Gasteiger partial charge < -0.3 is 9.80 Å². The number of benzene rings is 2. The third kappa shape index (κ3) is 4.48. The number of para-hydroxylation sites is 1. The van der Waals surface area contributed by atoms with Gasteiger partial charge >= 0.3 is 0 Å². The summed E-state index contributed by atoms with van der Waals surface area (Å²) in [6.45, 7) is 6.50. The molecule has 1 atom stereocenters. The molecule has 0 N–H and O–H groups in total. The number of nitrogens with zero attached hydrogens (tertiary/aromatic N) is 6. The SMILES string of the molecule is CCC[C@H](C)c1nc(N2CCN(C(=O)c3ccccc3F)CC2)c2cnn(-c3ccccc3)c2n1. The van der Waals surface area contributed by atoms with Crippen molar-refractivity contribution in [3.8, 4) is 5.69 Å². The summed E-state index contributed by atoms with van der Waals surface area (Å²) < 4.78 is 16.0. The van der Waals surface area contributed by atoms with E-state index in [1.165, 1.54) is 12.1 Å². The average molecular weight is 473 g/mol. The largest absolute Gasteiger partial charge is 0.352 e. The summed E-state index contributed by atoms with van der Waals surface area (Å²) in [6, 6.07) is 16.1. The number of halogens is 1. The Kier molecular flexibility index (Phi) is 6.44. The molecule has 1 amide bonds. The number of carbonyl (C=O) groups excluding carboxylic acids is 1. The molecule has 1 saturated heterocycles. The molecule has 1 fully saturated rings. The van der Waals surface area contributed by atoms with Crippen LogP contribution in [0.4, 0.5) is 10.2 Å². The molecule has 180 valence electrons. The molecule has 7 nitrogen and oxygen atoms in total. The molecule has 35 heavy (non-hydrogen) atoms. The molecular weight excluding hydrogens is 443 g/mol. The van der Waals surface area contributed by atoms with Gasteiger partial charge in [-0.3, -0.25) is 4.79 Å². The molecular formula is C27H29FN6O. The first kappa shape index (κ1) is 23.0. The second-order valence-electron chi connectivity index (χ2n) is 8.98. The van der Waals surface area contributed by atoms with Crippen LogP contribution in [-0.2, 0) is 0 Å². The molecule has 3 heterocycles. The predicted molar refractivity (Wildman–Crippen MR) is 134 cm³/mol. The quantitative estimate of drug-likeness (QED) is 0.403. The maximum atomic E-state index is 14.2. The van der Waals surface area contributed by atoms with Gasteiger partial charge in [-0.2, -0.15) is 5.10 Å². The van der Waals surface area contributed by atoms with Gasteiger partial charge in [-0.15, -0.1) is 0 Å². The number of rotatable bonds is 6. The fourth-order valence-electron chi connectivity index (χ4n) is 4.62. The van der Waals surface area contributed by atoms with E-state index in [9.17, 15) is 9.18 Å². The lowest BCUT2D eigenvalue weighted by atomic mass is 10.1. The zero-order valence-electron chi connectivity index (χ0n) is 20.1. The van der Waals surface area contributed by atoms with E-state index in [1.54, 1.807) is 17.0 Å². The summed E-state index contributed by atoms with van der Waals surface area (Å²) in [5.74, 6) is 1.10. The van der Waals surface area contributed by atoms with Crippen LogP contribution in [0.25, 0.3) is 16.7 Å². The summed E-state index contributed by atoms with van der Waals surface area (Å²) in [5, 5.41) is 5.53. The molecule has 5 rings (SSSR count). The summed E-state index contributed by atoms with van der Waals surface area (Å²) in [6.07, 6.45) is 3.87. The van der Waals surface area contributed by atoms with Gasteiger partial charge in [-0.1, -0.05) is 50.6 Å². The van der Waals surface area contributed by atoms with Crippen molar-refractivity contribution < 1.29 is 9.18 Å². The van der Waals surface area contributed by atoms with Crippen molar-refractivity contribution in [3.63, 3.8) is 0 Å². The summed E-state index contributed by atoms with van der Waals surface area (Å²) in [5.41, 5.74) is 1.84. The Morgan fingerprint density at radius 2 is 1.71 bits per heavy atom. The number of amides is 1. The molecule has 4 aromatic rings. The van der Waals surface area contributed by atoms with Crippen molar-refractivity contribution in [3.05, 3.63) is 78.0 Å². The molecule has 1 aliphatic heterocycles. The van der Waals surface area contributed by atoms with Crippen molar-refractivity contribution in [1.29, 1.82) is 0 Å². The van der Waals surface area contributed by atoms with E-state index in [2.05, 4.69) is 23.8 Å². The Labute approximate surface area is 204 Å². The number of anilines is 1. The van der Waals surface area contributed by atoms with E-state index in [0.717, 1.165) is 41.2 Å². The molecule has 1 aliphatic rings. The maximum Gasteiger partial charge on any atom is 0.256 e. The number of piperazine rings is 1. The zero-order valence-corrected chi connectivity index (χ0v) is 20.1. The highest BCUT2D eigenvalue weighted by molar-refractivity contribution is 5.95. The number of aromatic nitrogens is 4. The Bertz CT molecular complexity index is 1330. The normalized spacial score (nSPS) is 14.9. The topological polar surface area (TPSA) is 67.2 Å². The van der Waals surface area contributed by atoms with E-state index in [4.69, 9.17) is 9.97 Å². The minimum Gasteiger partial charge on any atom is -0.352 e. The Morgan fingerprint density at radius 1 is 1.00 bits per heavy atom. The second kappa shape index (κ2) is 9.82. The highest BCUT2D eigenvalue weighted by atomic mass is 19.1. The zero-order chi connectivity index (χ0) is 24.4. The minimum atomic E-state index is -0.486. The fraction of sp³-hybridized carbons (Fsp3) is 0.333.